The van der Waals surface area contributed by atoms with Gasteiger partial charge < -0.3 is 4.90 Å². The summed E-state index contributed by atoms with van der Waals surface area (Å²) in [4.78, 5) is 1.91. The zero-order chi connectivity index (χ0) is 15.6. The van der Waals surface area contributed by atoms with Crippen LogP contribution in [0, 0.1) is 0 Å². The number of fused-ring (bicyclic) bond motifs is 1. The Morgan fingerprint density at radius 2 is 1.73 bits per heavy atom. The average molecular weight is 319 g/mol. The van der Waals surface area contributed by atoms with Gasteiger partial charge in [0.15, 0.2) is 0 Å². The molecule has 1 aliphatic heterocycles. The number of hydrogen-bond donors (Lipinski definition) is 1. The second kappa shape index (κ2) is 6.36. The molecule has 1 fully saturated rings. The van der Waals surface area contributed by atoms with Crippen molar-refractivity contribution in [1.29, 1.82) is 0 Å². The Balaban J connectivity index is 1.82. The lowest BCUT2D eigenvalue weighted by Crippen LogP contribution is -3.14. The standard InChI is InChI=1S/C17H22N2O2S/c1-2-9-18-10-12-19(13-11-18)22(20,21)17-8-7-15-5-3-4-6-16(15)14-17/h3-8,14H,2,9-13H2,1H3/p+1. The molecule has 1 aliphatic rings. The molecule has 0 saturated carbocycles. The Kier molecular flexibility index (Phi) is 4.47. The van der Waals surface area contributed by atoms with Gasteiger partial charge in [-0.3, -0.25) is 0 Å². The summed E-state index contributed by atoms with van der Waals surface area (Å²) in [5.41, 5.74) is 0. The highest BCUT2D eigenvalue weighted by atomic mass is 32.2. The molecule has 3 rings (SSSR count). The van der Waals surface area contributed by atoms with Gasteiger partial charge in [-0.1, -0.05) is 37.3 Å². The van der Waals surface area contributed by atoms with E-state index in [0.717, 1.165) is 36.8 Å². The average Bonchev–Trinajstić information content (AvgIpc) is 2.55. The van der Waals surface area contributed by atoms with Crippen molar-refractivity contribution in [3.8, 4) is 0 Å². The normalized spacial score (nSPS) is 17.9. The molecule has 118 valence electrons. The maximum atomic E-state index is 12.8. The third-order valence-corrected chi connectivity index (χ3v) is 6.29. The highest BCUT2D eigenvalue weighted by molar-refractivity contribution is 7.89. The molecule has 0 radical (unpaired) electrons. The smallest absolute Gasteiger partial charge is 0.243 e. The van der Waals surface area contributed by atoms with Crippen LogP contribution in [0.1, 0.15) is 13.3 Å². The molecule has 0 aromatic heterocycles. The summed E-state index contributed by atoms with van der Waals surface area (Å²) in [7, 11) is -3.37. The molecule has 0 bridgehead atoms. The Bertz CT molecular complexity index is 750. The third-order valence-electron chi connectivity index (χ3n) is 4.39. The Morgan fingerprint density at radius 1 is 1.05 bits per heavy atom. The van der Waals surface area contributed by atoms with Crippen molar-refractivity contribution in [2.75, 3.05) is 32.7 Å². The quantitative estimate of drug-likeness (QED) is 0.918. The molecular formula is C17H23N2O2S+. The zero-order valence-electron chi connectivity index (χ0n) is 13.0. The fraction of sp³-hybridized carbons (Fsp3) is 0.412. The van der Waals surface area contributed by atoms with Crippen molar-refractivity contribution in [1.82, 2.24) is 4.31 Å². The number of piperazine rings is 1. The van der Waals surface area contributed by atoms with E-state index in [-0.39, 0.29) is 0 Å². The van der Waals surface area contributed by atoms with Crippen LogP contribution in [0.3, 0.4) is 0 Å². The van der Waals surface area contributed by atoms with Crippen LogP contribution < -0.4 is 4.90 Å². The van der Waals surface area contributed by atoms with Crippen LogP contribution >= 0.6 is 0 Å². The van der Waals surface area contributed by atoms with E-state index < -0.39 is 10.0 Å². The van der Waals surface area contributed by atoms with Gasteiger partial charge in [0, 0.05) is 0 Å². The third kappa shape index (κ3) is 3.02. The topological polar surface area (TPSA) is 41.8 Å². The van der Waals surface area contributed by atoms with E-state index in [9.17, 15) is 8.42 Å². The molecule has 0 spiro atoms. The van der Waals surface area contributed by atoms with Crippen LogP contribution in [-0.4, -0.2) is 45.4 Å². The maximum Gasteiger partial charge on any atom is 0.243 e. The first kappa shape index (κ1) is 15.5. The van der Waals surface area contributed by atoms with Gasteiger partial charge in [0.25, 0.3) is 0 Å². The predicted octanol–water partition coefficient (Wildman–Crippen LogP) is 1.14. The summed E-state index contributed by atoms with van der Waals surface area (Å²) in [5.74, 6) is 0. The number of quaternary nitrogens is 1. The fourth-order valence-corrected chi connectivity index (χ4v) is 4.60. The zero-order valence-corrected chi connectivity index (χ0v) is 13.8. The van der Waals surface area contributed by atoms with Crippen LogP contribution in [-0.2, 0) is 10.0 Å². The van der Waals surface area contributed by atoms with Crippen LogP contribution in [0.5, 0.6) is 0 Å². The lowest BCUT2D eigenvalue weighted by Gasteiger charge is -2.31. The van der Waals surface area contributed by atoms with E-state index in [1.807, 2.05) is 30.3 Å². The number of rotatable bonds is 4. The minimum absolute atomic E-state index is 0.408. The minimum Gasteiger partial charge on any atom is -0.333 e. The molecule has 0 amide bonds. The summed E-state index contributed by atoms with van der Waals surface area (Å²) >= 11 is 0. The van der Waals surface area contributed by atoms with Gasteiger partial charge in [-0.15, -0.1) is 0 Å². The van der Waals surface area contributed by atoms with Gasteiger partial charge >= 0.3 is 0 Å². The van der Waals surface area contributed by atoms with Crippen molar-refractivity contribution in [2.24, 2.45) is 0 Å². The van der Waals surface area contributed by atoms with E-state index in [1.165, 1.54) is 4.90 Å². The summed E-state index contributed by atoms with van der Waals surface area (Å²) in [6.45, 7) is 6.34. The lowest BCUT2D eigenvalue weighted by atomic mass is 10.1. The molecule has 2 aromatic rings. The first-order chi connectivity index (χ1) is 10.6. The summed E-state index contributed by atoms with van der Waals surface area (Å²) in [6.07, 6.45) is 1.15. The SMILES string of the molecule is CCC[NH+]1CCN(S(=O)(=O)c2ccc3ccccc3c2)CC1. The van der Waals surface area contributed by atoms with Crippen LogP contribution in [0.25, 0.3) is 10.8 Å². The first-order valence-electron chi connectivity index (χ1n) is 7.94. The maximum absolute atomic E-state index is 12.8. The van der Waals surface area contributed by atoms with Gasteiger partial charge in [0.1, 0.15) is 0 Å². The molecular weight excluding hydrogens is 296 g/mol. The molecule has 2 aromatic carbocycles. The van der Waals surface area contributed by atoms with Crippen LogP contribution in [0.15, 0.2) is 47.4 Å². The van der Waals surface area contributed by atoms with Gasteiger partial charge in [0.05, 0.1) is 37.6 Å². The molecule has 1 heterocycles. The van der Waals surface area contributed by atoms with E-state index >= 15 is 0 Å². The molecule has 1 saturated heterocycles. The van der Waals surface area contributed by atoms with Gasteiger partial charge in [0.2, 0.25) is 10.0 Å². The number of nitrogens with zero attached hydrogens (tertiary/aromatic N) is 1. The lowest BCUT2D eigenvalue weighted by molar-refractivity contribution is -0.903. The molecule has 0 aliphatic carbocycles. The Hall–Kier alpha value is -1.43. The molecule has 22 heavy (non-hydrogen) atoms. The van der Waals surface area contributed by atoms with Gasteiger partial charge in [-0.05, 0) is 29.3 Å². The monoisotopic (exact) mass is 319 g/mol. The largest absolute Gasteiger partial charge is 0.333 e. The van der Waals surface area contributed by atoms with Crippen molar-refractivity contribution in [3.63, 3.8) is 0 Å². The van der Waals surface area contributed by atoms with Crippen molar-refractivity contribution in [2.45, 2.75) is 18.2 Å². The summed E-state index contributed by atoms with van der Waals surface area (Å²) < 4.78 is 27.3. The second-order valence-electron chi connectivity index (χ2n) is 5.91. The highest BCUT2D eigenvalue weighted by Gasteiger charge is 2.30. The van der Waals surface area contributed by atoms with E-state index in [0.29, 0.717) is 18.0 Å². The Morgan fingerprint density at radius 3 is 2.41 bits per heavy atom. The molecule has 0 unspecified atom stereocenters. The minimum atomic E-state index is -3.37. The predicted molar refractivity (Wildman–Crippen MR) is 88.6 cm³/mol. The van der Waals surface area contributed by atoms with Crippen molar-refractivity contribution in [3.05, 3.63) is 42.5 Å². The van der Waals surface area contributed by atoms with Crippen LogP contribution in [0.2, 0.25) is 0 Å². The summed E-state index contributed by atoms with van der Waals surface area (Å²) in [6, 6.07) is 13.3. The van der Waals surface area contributed by atoms with Gasteiger partial charge in [-0.2, -0.15) is 4.31 Å². The molecule has 5 heteroatoms. The van der Waals surface area contributed by atoms with E-state index in [2.05, 4.69) is 6.92 Å². The number of hydrogen-bond acceptors (Lipinski definition) is 2. The van der Waals surface area contributed by atoms with E-state index in [4.69, 9.17) is 0 Å². The van der Waals surface area contributed by atoms with Crippen molar-refractivity contribution >= 4 is 20.8 Å². The first-order valence-corrected chi connectivity index (χ1v) is 9.38. The molecule has 4 nitrogen and oxygen atoms in total. The molecule has 0 atom stereocenters. The van der Waals surface area contributed by atoms with E-state index in [1.54, 1.807) is 16.4 Å². The summed E-state index contributed by atoms with van der Waals surface area (Å²) in [5, 5.41) is 2.04. The van der Waals surface area contributed by atoms with Crippen LogP contribution in [0.4, 0.5) is 0 Å². The number of sulfonamides is 1. The highest BCUT2D eigenvalue weighted by Crippen LogP contribution is 2.21. The second-order valence-corrected chi connectivity index (χ2v) is 7.85. The number of benzene rings is 2. The van der Waals surface area contributed by atoms with Gasteiger partial charge in [-0.25, -0.2) is 8.42 Å². The Labute approximate surface area is 132 Å². The molecule has 1 N–H and O–H groups in total. The van der Waals surface area contributed by atoms with Crippen molar-refractivity contribution < 1.29 is 13.3 Å². The number of nitrogens with one attached hydrogen (secondary N) is 1. The fourth-order valence-electron chi connectivity index (χ4n) is 3.12.